The Morgan fingerprint density at radius 1 is 1.21 bits per heavy atom. The molecule has 9 heteroatoms. The number of anilines is 1. The lowest BCUT2D eigenvalue weighted by Crippen LogP contribution is -2.51. The molecule has 2 amide bonds. The number of nitrogens with zero attached hydrogens (tertiary/aromatic N) is 3. The molecule has 2 heterocycles. The Hall–Kier alpha value is -3.10. The van der Waals surface area contributed by atoms with Crippen LogP contribution in [0.3, 0.4) is 0 Å². The largest absolute Gasteiger partial charge is 0.481 e. The van der Waals surface area contributed by atoms with Crippen molar-refractivity contribution in [2.45, 2.75) is 64.6 Å². The van der Waals surface area contributed by atoms with Gasteiger partial charge in [0.15, 0.2) is 0 Å². The molecular formula is C24H33N5O4. The molecule has 9 nitrogen and oxygen atoms in total. The molecule has 2 aromatic heterocycles. The van der Waals surface area contributed by atoms with E-state index in [-0.39, 0.29) is 11.8 Å². The monoisotopic (exact) mass is 455 g/mol. The molecule has 0 spiro atoms. The molecule has 2 fully saturated rings. The highest BCUT2D eigenvalue weighted by Crippen LogP contribution is 2.50. The van der Waals surface area contributed by atoms with Gasteiger partial charge in [-0.3, -0.25) is 9.48 Å². The summed E-state index contributed by atoms with van der Waals surface area (Å²) in [5, 5.41) is 10.2. The molecule has 4 rings (SSSR count). The fraction of sp³-hybridized carbons (Fsp3) is 0.583. The summed E-state index contributed by atoms with van der Waals surface area (Å²) >= 11 is 0. The second-order valence-electron chi connectivity index (χ2n) is 9.96. The van der Waals surface area contributed by atoms with Crippen LogP contribution in [0.1, 0.15) is 52.0 Å². The number of rotatable bonds is 9. The smallest absolute Gasteiger partial charge is 0.408 e. The van der Waals surface area contributed by atoms with Crippen LogP contribution in [0.4, 0.5) is 10.5 Å². The molecule has 0 aliphatic heterocycles. The number of hydrogen-bond donors (Lipinski definition) is 2. The normalized spacial score (nSPS) is 16.9. The first-order valence-electron chi connectivity index (χ1n) is 11.5. The minimum atomic E-state index is -0.637. The maximum Gasteiger partial charge on any atom is 0.408 e. The van der Waals surface area contributed by atoms with Gasteiger partial charge in [0.1, 0.15) is 11.6 Å². The van der Waals surface area contributed by atoms with Gasteiger partial charge in [0, 0.05) is 18.0 Å². The maximum absolute atomic E-state index is 13.3. The average molecular weight is 456 g/mol. The molecule has 0 aromatic carbocycles. The van der Waals surface area contributed by atoms with Gasteiger partial charge in [-0.25, -0.2) is 9.78 Å². The topological polar surface area (TPSA) is 107 Å². The Kier molecular flexibility index (Phi) is 6.58. The molecule has 178 valence electrons. The van der Waals surface area contributed by atoms with Crippen molar-refractivity contribution in [3.63, 3.8) is 0 Å². The molecule has 2 aliphatic rings. The van der Waals surface area contributed by atoms with Crippen LogP contribution in [0.5, 0.6) is 5.88 Å². The predicted octanol–water partition coefficient (Wildman–Crippen LogP) is 3.60. The van der Waals surface area contributed by atoms with Crippen molar-refractivity contribution in [3.05, 3.63) is 36.3 Å². The summed E-state index contributed by atoms with van der Waals surface area (Å²) in [6.07, 6.45) is 8.89. The zero-order valence-electron chi connectivity index (χ0n) is 19.7. The highest BCUT2D eigenvalue weighted by atomic mass is 16.6. The summed E-state index contributed by atoms with van der Waals surface area (Å²) in [7, 11) is 1.58. The third kappa shape index (κ3) is 6.24. The Labute approximate surface area is 194 Å². The summed E-state index contributed by atoms with van der Waals surface area (Å²) in [4.78, 5) is 30.1. The van der Waals surface area contributed by atoms with E-state index in [0.29, 0.717) is 29.9 Å². The average Bonchev–Trinajstić information content (AvgIpc) is 3.67. The minimum absolute atomic E-state index is 0.132. The van der Waals surface area contributed by atoms with Gasteiger partial charge in [-0.15, -0.1) is 0 Å². The maximum atomic E-state index is 13.3. The van der Waals surface area contributed by atoms with E-state index in [0.717, 1.165) is 31.2 Å². The highest BCUT2D eigenvalue weighted by molar-refractivity contribution is 5.96. The van der Waals surface area contributed by atoms with Crippen LogP contribution in [0.25, 0.3) is 0 Å². The number of nitrogens with one attached hydrogen (secondary N) is 2. The number of pyridine rings is 1. The molecule has 0 bridgehead atoms. The molecule has 33 heavy (non-hydrogen) atoms. The van der Waals surface area contributed by atoms with Gasteiger partial charge in [0.2, 0.25) is 11.8 Å². The number of carbonyl (C=O) groups excluding carboxylic acids is 2. The molecule has 1 unspecified atom stereocenters. The first-order valence-corrected chi connectivity index (χ1v) is 11.5. The second-order valence-corrected chi connectivity index (χ2v) is 9.96. The fourth-order valence-corrected chi connectivity index (χ4v) is 4.30. The molecular weight excluding hydrogens is 422 g/mol. The third-order valence-electron chi connectivity index (χ3n) is 5.95. The third-order valence-corrected chi connectivity index (χ3v) is 5.95. The molecule has 1 atom stereocenters. The summed E-state index contributed by atoms with van der Waals surface area (Å²) < 4.78 is 12.5. The van der Waals surface area contributed by atoms with E-state index < -0.39 is 17.7 Å². The number of methoxy groups -OCH3 is 1. The number of amides is 2. The number of ether oxygens (including phenoxy) is 2. The van der Waals surface area contributed by atoms with Crippen LogP contribution in [-0.2, 0) is 16.1 Å². The van der Waals surface area contributed by atoms with Gasteiger partial charge in [0.05, 0.1) is 25.5 Å². The number of carbonyl (C=O) groups is 2. The number of hydrogen-bond acceptors (Lipinski definition) is 6. The molecule has 2 aliphatic carbocycles. The van der Waals surface area contributed by atoms with Crippen molar-refractivity contribution in [1.82, 2.24) is 20.1 Å². The second kappa shape index (κ2) is 9.41. The number of aromatic nitrogens is 3. The van der Waals surface area contributed by atoms with E-state index in [2.05, 4.69) is 20.7 Å². The summed E-state index contributed by atoms with van der Waals surface area (Å²) in [5.74, 6) is 1.39. The van der Waals surface area contributed by atoms with Gasteiger partial charge in [-0.1, -0.05) is 6.07 Å². The summed E-state index contributed by atoms with van der Waals surface area (Å²) in [6, 6.07) is 3.12. The van der Waals surface area contributed by atoms with E-state index in [1.807, 2.05) is 32.9 Å². The van der Waals surface area contributed by atoms with E-state index in [4.69, 9.17) is 9.47 Å². The van der Waals surface area contributed by atoms with Gasteiger partial charge in [-0.2, -0.15) is 5.10 Å². The van der Waals surface area contributed by atoms with Crippen LogP contribution in [0.15, 0.2) is 30.7 Å². The lowest BCUT2D eigenvalue weighted by Gasteiger charge is -2.28. The Morgan fingerprint density at radius 3 is 2.52 bits per heavy atom. The van der Waals surface area contributed by atoms with Crippen molar-refractivity contribution in [1.29, 1.82) is 0 Å². The standard InChI is InChI=1S/C24H33N5O4/c1-24(2,3)33-23(31)28-20(19(15-7-8-15)16-9-10-16)21(30)27-18-12-26-29(14-18)13-17-6-5-11-25-22(17)32-4/h5-6,11-12,14-16,19-20H,7-10,13H2,1-4H3,(H,27,30)(H,28,31). The highest BCUT2D eigenvalue weighted by Gasteiger charge is 2.48. The predicted molar refractivity (Wildman–Crippen MR) is 123 cm³/mol. The van der Waals surface area contributed by atoms with Gasteiger partial charge in [-0.05, 0) is 70.3 Å². The minimum Gasteiger partial charge on any atom is -0.481 e. The van der Waals surface area contributed by atoms with Crippen molar-refractivity contribution < 1.29 is 19.1 Å². The van der Waals surface area contributed by atoms with Crippen molar-refractivity contribution >= 4 is 17.7 Å². The van der Waals surface area contributed by atoms with Crippen molar-refractivity contribution in [2.75, 3.05) is 12.4 Å². The quantitative estimate of drug-likeness (QED) is 0.598. The van der Waals surface area contributed by atoms with Crippen LogP contribution in [0.2, 0.25) is 0 Å². The first-order chi connectivity index (χ1) is 15.7. The number of alkyl carbamates (subject to hydrolysis) is 1. The van der Waals surface area contributed by atoms with Crippen molar-refractivity contribution in [2.24, 2.45) is 17.8 Å². The molecule has 0 saturated heterocycles. The zero-order chi connectivity index (χ0) is 23.6. The summed E-state index contributed by atoms with van der Waals surface area (Å²) in [5.41, 5.74) is 0.825. The van der Waals surface area contributed by atoms with Crippen LogP contribution < -0.4 is 15.4 Å². The van der Waals surface area contributed by atoms with Crippen LogP contribution >= 0.6 is 0 Å². The lowest BCUT2D eigenvalue weighted by atomic mass is 9.89. The van der Waals surface area contributed by atoms with E-state index in [1.54, 1.807) is 30.4 Å². The van der Waals surface area contributed by atoms with E-state index in [9.17, 15) is 9.59 Å². The molecule has 2 saturated carbocycles. The van der Waals surface area contributed by atoms with E-state index >= 15 is 0 Å². The van der Waals surface area contributed by atoms with Crippen molar-refractivity contribution in [3.8, 4) is 5.88 Å². The molecule has 2 N–H and O–H groups in total. The zero-order valence-corrected chi connectivity index (χ0v) is 19.7. The molecule has 0 radical (unpaired) electrons. The lowest BCUT2D eigenvalue weighted by molar-refractivity contribution is -0.120. The fourth-order valence-electron chi connectivity index (χ4n) is 4.30. The van der Waals surface area contributed by atoms with Gasteiger partial charge >= 0.3 is 6.09 Å². The van der Waals surface area contributed by atoms with Crippen LogP contribution in [0, 0.1) is 17.8 Å². The Balaban J connectivity index is 1.46. The van der Waals surface area contributed by atoms with Gasteiger partial charge < -0.3 is 20.1 Å². The SMILES string of the molecule is COc1ncccc1Cn1cc(NC(=O)C(NC(=O)OC(C)(C)C)C(C2CC2)C2CC2)cn1. The Bertz CT molecular complexity index is 979. The summed E-state index contributed by atoms with van der Waals surface area (Å²) in [6.45, 7) is 5.89. The van der Waals surface area contributed by atoms with E-state index in [1.165, 1.54) is 0 Å². The molecule has 2 aromatic rings. The first kappa shape index (κ1) is 23.1. The van der Waals surface area contributed by atoms with Gasteiger partial charge in [0.25, 0.3) is 0 Å². The Morgan fingerprint density at radius 2 is 1.91 bits per heavy atom. The van der Waals surface area contributed by atoms with Crippen LogP contribution in [-0.4, -0.2) is 45.5 Å².